The summed E-state index contributed by atoms with van der Waals surface area (Å²) in [7, 11) is 0. The fourth-order valence-electron chi connectivity index (χ4n) is 1.35. The van der Waals surface area contributed by atoms with Crippen molar-refractivity contribution in [2.24, 2.45) is 11.8 Å². The number of rotatable bonds is 6. The van der Waals surface area contributed by atoms with E-state index in [1.165, 1.54) is 25.7 Å². The summed E-state index contributed by atoms with van der Waals surface area (Å²) in [5.41, 5.74) is 0. The molecule has 2 N–H and O–H groups in total. The minimum atomic E-state index is 0.160. The molecule has 2 aliphatic rings. The molecule has 0 aromatic rings. The lowest BCUT2D eigenvalue weighted by atomic mass is 10.4. The molecule has 74 valence electrons. The summed E-state index contributed by atoms with van der Waals surface area (Å²) in [6, 6.07) is 0. The van der Waals surface area contributed by atoms with Gasteiger partial charge in [0.15, 0.2) is 0 Å². The van der Waals surface area contributed by atoms with E-state index < -0.39 is 0 Å². The number of amides is 1. The third-order valence-electron chi connectivity index (χ3n) is 2.70. The minimum Gasteiger partial charge on any atom is -0.355 e. The molecular formula is C10H18N2O. The average Bonchev–Trinajstić information content (AvgIpc) is 2.97. The Kier molecular flexibility index (Phi) is 2.83. The third-order valence-corrected chi connectivity index (χ3v) is 2.70. The van der Waals surface area contributed by atoms with Gasteiger partial charge in [0, 0.05) is 6.54 Å². The standard InChI is InChI=1S/C10H18N2O/c13-10(12-6-9-3-4-9)7-11-5-8-1-2-8/h8-9,11H,1-7H2,(H,12,13). The summed E-state index contributed by atoms with van der Waals surface area (Å²) in [5, 5.41) is 6.12. The first kappa shape index (κ1) is 9.00. The van der Waals surface area contributed by atoms with Crippen LogP contribution in [0.3, 0.4) is 0 Å². The van der Waals surface area contributed by atoms with Crippen LogP contribution < -0.4 is 10.6 Å². The lowest BCUT2D eigenvalue weighted by Gasteiger charge is -2.04. The van der Waals surface area contributed by atoms with Crippen molar-refractivity contribution in [2.45, 2.75) is 25.7 Å². The molecule has 2 saturated carbocycles. The Labute approximate surface area is 79.3 Å². The fourth-order valence-corrected chi connectivity index (χ4v) is 1.35. The van der Waals surface area contributed by atoms with Gasteiger partial charge in [-0.05, 0) is 44.1 Å². The first-order valence-corrected chi connectivity index (χ1v) is 5.32. The van der Waals surface area contributed by atoms with Crippen LogP contribution in [0.15, 0.2) is 0 Å². The van der Waals surface area contributed by atoms with E-state index in [9.17, 15) is 4.79 Å². The van der Waals surface area contributed by atoms with E-state index in [2.05, 4.69) is 10.6 Å². The van der Waals surface area contributed by atoms with Gasteiger partial charge in [0.1, 0.15) is 0 Å². The van der Waals surface area contributed by atoms with E-state index in [1.54, 1.807) is 0 Å². The Morgan fingerprint density at radius 1 is 1.08 bits per heavy atom. The molecule has 0 saturated heterocycles. The minimum absolute atomic E-state index is 0.160. The molecule has 0 aromatic carbocycles. The zero-order valence-corrected chi connectivity index (χ0v) is 8.01. The Bertz CT molecular complexity index is 185. The van der Waals surface area contributed by atoms with Gasteiger partial charge >= 0.3 is 0 Å². The fraction of sp³-hybridized carbons (Fsp3) is 0.900. The quantitative estimate of drug-likeness (QED) is 0.628. The van der Waals surface area contributed by atoms with Crippen LogP contribution in [0.5, 0.6) is 0 Å². The van der Waals surface area contributed by atoms with Gasteiger partial charge in [-0.2, -0.15) is 0 Å². The number of hydrogen-bond acceptors (Lipinski definition) is 2. The molecule has 0 aromatic heterocycles. The van der Waals surface area contributed by atoms with Crippen LogP contribution in [0, 0.1) is 11.8 Å². The lowest BCUT2D eigenvalue weighted by molar-refractivity contribution is -0.120. The second-order valence-corrected chi connectivity index (χ2v) is 4.32. The zero-order chi connectivity index (χ0) is 9.10. The second kappa shape index (κ2) is 4.09. The molecule has 3 heteroatoms. The summed E-state index contributed by atoms with van der Waals surface area (Å²) in [5.74, 6) is 1.80. The first-order chi connectivity index (χ1) is 6.34. The molecule has 2 fully saturated rings. The highest BCUT2D eigenvalue weighted by Gasteiger charge is 2.22. The molecule has 0 bridgehead atoms. The predicted molar refractivity (Wildman–Crippen MR) is 51.3 cm³/mol. The highest BCUT2D eigenvalue weighted by Crippen LogP contribution is 2.28. The lowest BCUT2D eigenvalue weighted by Crippen LogP contribution is -2.35. The molecular weight excluding hydrogens is 164 g/mol. The number of hydrogen-bond donors (Lipinski definition) is 2. The largest absolute Gasteiger partial charge is 0.355 e. The van der Waals surface area contributed by atoms with E-state index in [4.69, 9.17) is 0 Å². The van der Waals surface area contributed by atoms with Gasteiger partial charge in [-0.1, -0.05) is 0 Å². The number of nitrogens with one attached hydrogen (secondary N) is 2. The van der Waals surface area contributed by atoms with Crippen LogP contribution in [0.4, 0.5) is 0 Å². The smallest absolute Gasteiger partial charge is 0.233 e. The summed E-state index contributed by atoms with van der Waals surface area (Å²) >= 11 is 0. The maximum absolute atomic E-state index is 11.2. The Hall–Kier alpha value is -0.570. The molecule has 2 aliphatic carbocycles. The van der Waals surface area contributed by atoms with Gasteiger partial charge in [-0.3, -0.25) is 4.79 Å². The van der Waals surface area contributed by atoms with Crippen molar-refractivity contribution < 1.29 is 4.79 Å². The molecule has 0 spiro atoms. The van der Waals surface area contributed by atoms with Crippen LogP contribution in [0.25, 0.3) is 0 Å². The Balaban J connectivity index is 1.44. The summed E-state index contributed by atoms with van der Waals surface area (Å²) in [6.07, 6.45) is 5.29. The maximum atomic E-state index is 11.2. The van der Waals surface area contributed by atoms with Crippen molar-refractivity contribution in [1.82, 2.24) is 10.6 Å². The van der Waals surface area contributed by atoms with E-state index in [0.29, 0.717) is 6.54 Å². The van der Waals surface area contributed by atoms with E-state index >= 15 is 0 Å². The summed E-state index contributed by atoms with van der Waals surface area (Å²) in [6.45, 7) is 2.42. The van der Waals surface area contributed by atoms with Crippen LogP contribution in [-0.2, 0) is 4.79 Å². The predicted octanol–water partition coefficient (Wildman–Crippen LogP) is 0.512. The number of carbonyl (C=O) groups excluding carboxylic acids is 1. The molecule has 0 radical (unpaired) electrons. The highest BCUT2D eigenvalue weighted by atomic mass is 16.1. The molecule has 1 amide bonds. The van der Waals surface area contributed by atoms with Crippen LogP contribution in [0.2, 0.25) is 0 Å². The average molecular weight is 182 g/mol. The molecule has 0 heterocycles. The van der Waals surface area contributed by atoms with Gasteiger partial charge in [0.25, 0.3) is 0 Å². The maximum Gasteiger partial charge on any atom is 0.233 e. The van der Waals surface area contributed by atoms with Gasteiger partial charge in [-0.15, -0.1) is 0 Å². The van der Waals surface area contributed by atoms with Crippen molar-refractivity contribution >= 4 is 5.91 Å². The van der Waals surface area contributed by atoms with E-state index in [0.717, 1.165) is 24.9 Å². The molecule has 0 aliphatic heterocycles. The van der Waals surface area contributed by atoms with Gasteiger partial charge < -0.3 is 10.6 Å². The van der Waals surface area contributed by atoms with Crippen molar-refractivity contribution in [3.8, 4) is 0 Å². The van der Waals surface area contributed by atoms with Crippen LogP contribution in [-0.4, -0.2) is 25.5 Å². The van der Waals surface area contributed by atoms with Gasteiger partial charge in [0.05, 0.1) is 6.54 Å². The first-order valence-electron chi connectivity index (χ1n) is 5.32. The SMILES string of the molecule is O=C(CNCC1CC1)NCC1CC1. The summed E-state index contributed by atoms with van der Waals surface area (Å²) in [4.78, 5) is 11.2. The van der Waals surface area contributed by atoms with Crippen molar-refractivity contribution in [1.29, 1.82) is 0 Å². The van der Waals surface area contributed by atoms with E-state index in [-0.39, 0.29) is 5.91 Å². The molecule has 3 nitrogen and oxygen atoms in total. The van der Waals surface area contributed by atoms with Crippen molar-refractivity contribution in [3.05, 3.63) is 0 Å². The monoisotopic (exact) mass is 182 g/mol. The topological polar surface area (TPSA) is 41.1 Å². The number of carbonyl (C=O) groups is 1. The normalized spacial score (nSPS) is 21.5. The molecule has 13 heavy (non-hydrogen) atoms. The van der Waals surface area contributed by atoms with E-state index in [1.807, 2.05) is 0 Å². The van der Waals surface area contributed by atoms with Crippen molar-refractivity contribution in [3.63, 3.8) is 0 Å². The van der Waals surface area contributed by atoms with Crippen LogP contribution in [0.1, 0.15) is 25.7 Å². The Morgan fingerprint density at radius 2 is 1.69 bits per heavy atom. The molecule has 0 atom stereocenters. The van der Waals surface area contributed by atoms with Gasteiger partial charge in [0.2, 0.25) is 5.91 Å². The summed E-state index contributed by atoms with van der Waals surface area (Å²) < 4.78 is 0. The second-order valence-electron chi connectivity index (χ2n) is 4.32. The highest BCUT2D eigenvalue weighted by molar-refractivity contribution is 5.77. The molecule has 0 unspecified atom stereocenters. The zero-order valence-electron chi connectivity index (χ0n) is 8.01. The van der Waals surface area contributed by atoms with Gasteiger partial charge in [-0.25, -0.2) is 0 Å². The Morgan fingerprint density at radius 3 is 2.31 bits per heavy atom. The van der Waals surface area contributed by atoms with Crippen molar-refractivity contribution in [2.75, 3.05) is 19.6 Å². The third kappa shape index (κ3) is 3.77. The molecule has 2 rings (SSSR count). The van der Waals surface area contributed by atoms with Crippen LogP contribution >= 0.6 is 0 Å².